The Morgan fingerprint density at radius 3 is 2.61 bits per heavy atom. The number of rotatable bonds is 9. The molecule has 0 saturated carbocycles. The fourth-order valence-corrected chi connectivity index (χ4v) is 3.03. The van der Waals surface area contributed by atoms with Crippen LogP contribution in [0.1, 0.15) is 72.1 Å². The number of unbranched alkanes of at least 4 members (excludes halogenated alkanes) is 3. The lowest BCUT2D eigenvalue weighted by atomic mass is 10.0. The molecule has 2 heteroatoms. The van der Waals surface area contributed by atoms with Crippen molar-refractivity contribution in [3.8, 4) is 0 Å². The molecule has 1 N–H and O–H groups in total. The predicted octanol–water partition coefficient (Wildman–Crippen LogP) is 3.81. The Morgan fingerprint density at radius 2 is 2.00 bits per heavy atom. The Kier molecular flexibility index (Phi) is 8.70. The average Bonchev–Trinajstić information content (AvgIpc) is 2.42. The van der Waals surface area contributed by atoms with Crippen LogP contribution in [-0.2, 0) is 0 Å². The lowest BCUT2D eigenvalue weighted by Crippen LogP contribution is -2.46. The van der Waals surface area contributed by atoms with Crippen LogP contribution < -0.4 is 5.32 Å². The Hall–Kier alpha value is -0.0800. The molecule has 1 rings (SSSR count). The second kappa shape index (κ2) is 9.80. The monoisotopic (exact) mass is 254 g/mol. The molecule has 1 heterocycles. The van der Waals surface area contributed by atoms with Crippen LogP contribution in [0.5, 0.6) is 0 Å². The van der Waals surface area contributed by atoms with E-state index in [4.69, 9.17) is 0 Å². The van der Waals surface area contributed by atoms with Gasteiger partial charge in [-0.2, -0.15) is 0 Å². The Balaban J connectivity index is 2.20. The summed E-state index contributed by atoms with van der Waals surface area (Å²) < 4.78 is 0. The minimum Gasteiger partial charge on any atom is -0.313 e. The van der Waals surface area contributed by atoms with Crippen LogP contribution in [0, 0.1) is 0 Å². The zero-order valence-electron chi connectivity index (χ0n) is 12.9. The predicted molar refractivity (Wildman–Crippen MR) is 81.1 cm³/mol. The summed E-state index contributed by atoms with van der Waals surface area (Å²) in [6.07, 6.45) is 11.1. The molecule has 0 spiro atoms. The van der Waals surface area contributed by atoms with E-state index < -0.39 is 0 Å². The van der Waals surface area contributed by atoms with E-state index in [9.17, 15) is 0 Å². The van der Waals surface area contributed by atoms with Gasteiger partial charge in [-0.3, -0.25) is 4.90 Å². The van der Waals surface area contributed by atoms with Gasteiger partial charge in [0.05, 0.1) is 0 Å². The van der Waals surface area contributed by atoms with E-state index >= 15 is 0 Å². The zero-order valence-corrected chi connectivity index (χ0v) is 12.9. The second-order valence-electron chi connectivity index (χ2n) is 5.93. The minimum absolute atomic E-state index is 0.747. The van der Waals surface area contributed by atoms with E-state index in [1.54, 1.807) is 0 Å². The molecule has 0 aromatic heterocycles. The summed E-state index contributed by atoms with van der Waals surface area (Å²) in [6.45, 7) is 10.7. The highest BCUT2D eigenvalue weighted by Gasteiger charge is 2.18. The molecule has 0 radical (unpaired) electrons. The highest BCUT2D eigenvalue weighted by atomic mass is 15.2. The van der Waals surface area contributed by atoms with Gasteiger partial charge in [0.25, 0.3) is 0 Å². The van der Waals surface area contributed by atoms with Crippen molar-refractivity contribution in [3.63, 3.8) is 0 Å². The second-order valence-corrected chi connectivity index (χ2v) is 5.93. The average molecular weight is 254 g/mol. The van der Waals surface area contributed by atoms with E-state index in [1.165, 1.54) is 71.0 Å². The van der Waals surface area contributed by atoms with E-state index in [1.807, 2.05) is 0 Å². The first-order valence-corrected chi connectivity index (χ1v) is 8.25. The third-order valence-corrected chi connectivity index (χ3v) is 4.37. The van der Waals surface area contributed by atoms with Crippen LogP contribution in [0.2, 0.25) is 0 Å². The van der Waals surface area contributed by atoms with Crippen molar-refractivity contribution < 1.29 is 0 Å². The highest BCUT2D eigenvalue weighted by Crippen LogP contribution is 2.14. The summed E-state index contributed by atoms with van der Waals surface area (Å²) in [5.41, 5.74) is 0. The van der Waals surface area contributed by atoms with Crippen molar-refractivity contribution in [1.29, 1.82) is 0 Å². The lowest BCUT2D eigenvalue weighted by molar-refractivity contribution is 0.174. The Morgan fingerprint density at radius 1 is 1.17 bits per heavy atom. The molecule has 2 unspecified atom stereocenters. The van der Waals surface area contributed by atoms with Gasteiger partial charge >= 0.3 is 0 Å². The van der Waals surface area contributed by atoms with Crippen molar-refractivity contribution in [3.05, 3.63) is 0 Å². The van der Waals surface area contributed by atoms with Crippen LogP contribution in [0.3, 0.4) is 0 Å². The molecule has 2 atom stereocenters. The molecule has 0 aliphatic carbocycles. The maximum absolute atomic E-state index is 3.67. The summed E-state index contributed by atoms with van der Waals surface area (Å²) in [5.74, 6) is 0. The van der Waals surface area contributed by atoms with Gasteiger partial charge in [-0.1, -0.05) is 46.0 Å². The Bertz CT molecular complexity index is 188. The summed E-state index contributed by atoms with van der Waals surface area (Å²) in [6, 6.07) is 1.51. The van der Waals surface area contributed by atoms with E-state index in [0.717, 1.165) is 12.1 Å². The molecule has 0 amide bonds. The van der Waals surface area contributed by atoms with E-state index in [2.05, 4.69) is 31.0 Å². The molecule has 1 fully saturated rings. The van der Waals surface area contributed by atoms with Crippen molar-refractivity contribution in [1.82, 2.24) is 10.2 Å². The van der Waals surface area contributed by atoms with Gasteiger partial charge < -0.3 is 5.32 Å². The van der Waals surface area contributed by atoms with Crippen LogP contribution in [0.4, 0.5) is 0 Å². The van der Waals surface area contributed by atoms with Crippen molar-refractivity contribution in [2.45, 2.75) is 84.2 Å². The first kappa shape index (κ1) is 16.0. The van der Waals surface area contributed by atoms with Gasteiger partial charge in [0, 0.05) is 18.6 Å². The summed E-state index contributed by atoms with van der Waals surface area (Å²) in [7, 11) is 0. The molecule has 2 nitrogen and oxygen atoms in total. The van der Waals surface area contributed by atoms with Gasteiger partial charge in [-0.15, -0.1) is 0 Å². The fraction of sp³-hybridized carbons (Fsp3) is 1.00. The molecule has 0 bridgehead atoms. The van der Waals surface area contributed by atoms with Crippen LogP contribution in [-0.4, -0.2) is 36.6 Å². The number of likely N-dealkylation sites (N-methyl/N-ethyl adjacent to an activating group) is 1. The highest BCUT2D eigenvalue weighted by molar-refractivity contribution is 4.78. The molecule has 1 aliphatic rings. The van der Waals surface area contributed by atoms with Crippen molar-refractivity contribution >= 4 is 0 Å². The molecule has 1 aliphatic heterocycles. The normalized spacial score (nSPS) is 22.3. The summed E-state index contributed by atoms with van der Waals surface area (Å²) >= 11 is 0. The van der Waals surface area contributed by atoms with Crippen molar-refractivity contribution in [2.75, 3.05) is 19.6 Å². The topological polar surface area (TPSA) is 15.3 Å². The quantitative estimate of drug-likeness (QED) is 0.629. The maximum atomic E-state index is 3.67. The van der Waals surface area contributed by atoms with Crippen LogP contribution >= 0.6 is 0 Å². The van der Waals surface area contributed by atoms with Gasteiger partial charge in [-0.25, -0.2) is 0 Å². The maximum Gasteiger partial charge on any atom is 0.0195 e. The van der Waals surface area contributed by atoms with Crippen LogP contribution in [0.15, 0.2) is 0 Å². The molecule has 0 aromatic carbocycles. The van der Waals surface area contributed by atoms with Gasteiger partial charge in [0.1, 0.15) is 0 Å². The molecule has 0 aromatic rings. The van der Waals surface area contributed by atoms with Gasteiger partial charge in [-0.05, 0) is 39.3 Å². The SMILES string of the molecule is CCCCCCC(C)N(CC)CC1CCCCN1. The smallest absolute Gasteiger partial charge is 0.0195 e. The molecular formula is C16H34N2. The van der Waals surface area contributed by atoms with Gasteiger partial charge in [0.15, 0.2) is 0 Å². The minimum atomic E-state index is 0.747. The van der Waals surface area contributed by atoms with Gasteiger partial charge in [0.2, 0.25) is 0 Å². The molecular weight excluding hydrogens is 220 g/mol. The number of piperidine rings is 1. The molecule has 108 valence electrons. The fourth-order valence-electron chi connectivity index (χ4n) is 3.03. The lowest BCUT2D eigenvalue weighted by Gasteiger charge is -2.33. The van der Waals surface area contributed by atoms with E-state index in [0.29, 0.717) is 0 Å². The first-order chi connectivity index (χ1) is 8.77. The summed E-state index contributed by atoms with van der Waals surface area (Å²) in [4.78, 5) is 2.68. The number of nitrogens with zero attached hydrogens (tertiary/aromatic N) is 1. The number of hydrogen-bond acceptors (Lipinski definition) is 2. The standard InChI is InChI=1S/C16H34N2/c1-4-6-7-8-11-15(3)18(5-2)14-16-12-9-10-13-17-16/h15-17H,4-14H2,1-3H3. The third-order valence-electron chi connectivity index (χ3n) is 4.37. The summed E-state index contributed by atoms with van der Waals surface area (Å²) in [5, 5.41) is 3.67. The zero-order chi connectivity index (χ0) is 13.2. The molecule has 18 heavy (non-hydrogen) atoms. The van der Waals surface area contributed by atoms with Crippen molar-refractivity contribution in [2.24, 2.45) is 0 Å². The van der Waals surface area contributed by atoms with Crippen LogP contribution in [0.25, 0.3) is 0 Å². The Labute approximate surface area is 115 Å². The molecule has 1 saturated heterocycles. The largest absolute Gasteiger partial charge is 0.313 e. The van der Waals surface area contributed by atoms with E-state index in [-0.39, 0.29) is 0 Å². The first-order valence-electron chi connectivity index (χ1n) is 8.25. The third kappa shape index (κ3) is 6.19. The number of nitrogens with one attached hydrogen (secondary N) is 1. The number of hydrogen-bond donors (Lipinski definition) is 1.